The van der Waals surface area contributed by atoms with E-state index in [0.29, 0.717) is 11.6 Å². The van der Waals surface area contributed by atoms with Crippen LogP contribution in [-0.4, -0.2) is 6.54 Å². The van der Waals surface area contributed by atoms with Crippen LogP contribution in [0.5, 0.6) is 0 Å². The fourth-order valence-corrected chi connectivity index (χ4v) is 2.20. The first-order valence-corrected chi connectivity index (χ1v) is 5.25. The highest BCUT2D eigenvalue weighted by Gasteiger charge is 2.18. The van der Waals surface area contributed by atoms with Gasteiger partial charge in [0.05, 0.1) is 5.02 Å². The lowest BCUT2D eigenvalue weighted by atomic mass is 10.0. The lowest BCUT2D eigenvalue weighted by Crippen LogP contribution is -2.13. The molecule has 1 N–H and O–H groups in total. The van der Waals surface area contributed by atoms with E-state index in [2.05, 4.69) is 5.32 Å². The topological polar surface area (TPSA) is 12.0 Å². The van der Waals surface area contributed by atoms with E-state index in [-0.39, 0.29) is 10.8 Å². The molecule has 1 aromatic carbocycles. The third kappa shape index (κ3) is 1.77. The van der Waals surface area contributed by atoms with Gasteiger partial charge in [0.25, 0.3) is 0 Å². The Balaban J connectivity index is 2.34. The van der Waals surface area contributed by atoms with E-state index in [0.717, 1.165) is 18.5 Å². The van der Waals surface area contributed by atoms with Gasteiger partial charge in [0.15, 0.2) is 0 Å². The summed E-state index contributed by atoms with van der Waals surface area (Å²) in [6.07, 6.45) is 2.29. The summed E-state index contributed by atoms with van der Waals surface area (Å²) >= 11 is 5.79. The van der Waals surface area contributed by atoms with Gasteiger partial charge in [0.2, 0.25) is 0 Å². The fraction of sp³-hybridized carbons (Fsp3) is 0.455. The first-order chi connectivity index (χ1) is 6.68. The molecule has 1 atom stereocenters. The molecule has 1 unspecified atom stereocenters. The maximum atomic E-state index is 13.2. The normalized spacial score (nSPS) is 21.5. The monoisotopic (exact) mass is 213 g/mol. The number of hydrogen-bond acceptors (Lipinski definition) is 1. The maximum Gasteiger partial charge on any atom is 0.144 e. The van der Waals surface area contributed by atoms with Crippen LogP contribution in [0.25, 0.3) is 0 Å². The molecule has 0 bridgehead atoms. The van der Waals surface area contributed by atoms with Crippen molar-refractivity contribution >= 4 is 11.6 Å². The highest BCUT2D eigenvalue weighted by molar-refractivity contribution is 6.30. The molecule has 1 aliphatic rings. The van der Waals surface area contributed by atoms with Gasteiger partial charge in [0, 0.05) is 6.04 Å². The average molecular weight is 214 g/mol. The fourth-order valence-electron chi connectivity index (χ4n) is 1.92. The number of rotatable bonds is 1. The number of nitrogens with one attached hydrogen (secondary N) is 1. The van der Waals surface area contributed by atoms with Crippen LogP contribution in [0.4, 0.5) is 4.39 Å². The number of benzene rings is 1. The summed E-state index contributed by atoms with van der Waals surface area (Å²) in [5, 5.41) is 3.60. The maximum absolute atomic E-state index is 13.2. The molecule has 3 heteroatoms. The number of hydrogen-bond donors (Lipinski definition) is 1. The zero-order valence-electron chi connectivity index (χ0n) is 8.11. The molecule has 2 rings (SSSR count). The van der Waals surface area contributed by atoms with Crippen molar-refractivity contribution in [2.24, 2.45) is 0 Å². The minimum atomic E-state index is -0.298. The quantitative estimate of drug-likeness (QED) is 0.756. The molecule has 1 nitrogen and oxygen atoms in total. The van der Waals surface area contributed by atoms with Crippen molar-refractivity contribution in [1.82, 2.24) is 5.32 Å². The first-order valence-electron chi connectivity index (χ1n) is 4.87. The van der Waals surface area contributed by atoms with Crippen LogP contribution >= 0.6 is 11.6 Å². The van der Waals surface area contributed by atoms with Gasteiger partial charge in [-0.2, -0.15) is 0 Å². The van der Waals surface area contributed by atoms with Crippen LogP contribution in [0.2, 0.25) is 5.02 Å². The van der Waals surface area contributed by atoms with Gasteiger partial charge in [-0.15, -0.1) is 0 Å². The Morgan fingerprint density at radius 3 is 2.86 bits per heavy atom. The summed E-state index contributed by atoms with van der Waals surface area (Å²) in [5.41, 5.74) is 1.73. The van der Waals surface area contributed by atoms with Crippen molar-refractivity contribution in [3.05, 3.63) is 34.1 Å². The van der Waals surface area contributed by atoms with Crippen molar-refractivity contribution in [3.8, 4) is 0 Å². The second-order valence-electron chi connectivity index (χ2n) is 3.78. The predicted molar refractivity (Wildman–Crippen MR) is 56.1 cm³/mol. The van der Waals surface area contributed by atoms with Crippen LogP contribution in [0.1, 0.15) is 30.0 Å². The van der Waals surface area contributed by atoms with Gasteiger partial charge < -0.3 is 5.32 Å². The van der Waals surface area contributed by atoms with E-state index >= 15 is 0 Å². The molecule has 0 aromatic heterocycles. The second kappa shape index (κ2) is 3.87. The molecular weight excluding hydrogens is 201 g/mol. The molecular formula is C11H13ClFN. The molecule has 1 heterocycles. The Labute approximate surface area is 88.3 Å². The first kappa shape index (κ1) is 9.94. The molecule has 1 fully saturated rings. The van der Waals surface area contributed by atoms with Gasteiger partial charge in [-0.25, -0.2) is 4.39 Å². The summed E-state index contributed by atoms with van der Waals surface area (Å²) in [6, 6.07) is 3.96. The van der Waals surface area contributed by atoms with Crippen LogP contribution in [-0.2, 0) is 0 Å². The SMILES string of the molecule is Cc1cc(C2CCCN2)cc(Cl)c1F. The third-order valence-electron chi connectivity index (χ3n) is 2.70. The number of aryl methyl sites for hydroxylation is 1. The number of halogens is 2. The van der Waals surface area contributed by atoms with E-state index in [4.69, 9.17) is 11.6 Å². The molecule has 0 radical (unpaired) electrons. The highest BCUT2D eigenvalue weighted by Crippen LogP contribution is 2.28. The van der Waals surface area contributed by atoms with Crippen molar-refractivity contribution in [2.75, 3.05) is 6.54 Å². The average Bonchev–Trinajstić information content (AvgIpc) is 2.66. The summed E-state index contributed by atoms with van der Waals surface area (Å²) < 4.78 is 13.2. The van der Waals surface area contributed by atoms with Crippen molar-refractivity contribution in [3.63, 3.8) is 0 Å². The lowest BCUT2D eigenvalue weighted by Gasteiger charge is -2.12. The summed E-state index contributed by atoms with van der Waals surface area (Å²) in [5.74, 6) is -0.298. The summed E-state index contributed by atoms with van der Waals surface area (Å²) in [4.78, 5) is 0. The van der Waals surface area contributed by atoms with Crippen LogP contribution in [0.3, 0.4) is 0 Å². The zero-order chi connectivity index (χ0) is 10.1. The van der Waals surface area contributed by atoms with E-state index < -0.39 is 0 Å². The Morgan fingerprint density at radius 1 is 1.50 bits per heavy atom. The molecule has 1 saturated heterocycles. The van der Waals surface area contributed by atoms with E-state index in [1.165, 1.54) is 6.42 Å². The van der Waals surface area contributed by atoms with Gasteiger partial charge in [-0.3, -0.25) is 0 Å². The largest absolute Gasteiger partial charge is 0.310 e. The van der Waals surface area contributed by atoms with Crippen LogP contribution in [0, 0.1) is 12.7 Å². The van der Waals surface area contributed by atoms with E-state index in [1.54, 1.807) is 13.0 Å². The molecule has 0 aliphatic carbocycles. The van der Waals surface area contributed by atoms with Gasteiger partial charge in [-0.05, 0) is 43.5 Å². The van der Waals surface area contributed by atoms with E-state index in [9.17, 15) is 4.39 Å². The summed E-state index contributed by atoms with van der Waals surface area (Å²) in [6.45, 7) is 2.79. The van der Waals surface area contributed by atoms with Gasteiger partial charge in [0.1, 0.15) is 5.82 Å². The minimum Gasteiger partial charge on any atom is -0.310 e. The van der Waals surface area contributed by atoms with Crippen LogP contribution in [0.15, 0.2) is 12.1 Å². The smallest absolute Gasteiger partial charge is 0.144 e. The van der Waals surface area contributed by atoms with Crippen molar-refractivity contribution < 1.29 is 4.39 Å². The molecule has 76 valence electrons. The van der Waals surface area contributed by atoms with Crippen LogP contribution < -0.4 is 5.32 Å². The standard InChI is InChI=1S/C11H13ClFN/c1-7-5-8(6-9(12)11(7)13)10-3-2-4-14-10/h5-6,10,14H,2-4H2,1H3. The Hall–Kier alpha value is -0.600. The molecule has 0 saturated carbocycles. The van der Waals surface area contributed by atoms with E-state index in [1.807, 2.05) is 6.07 Å². The lowest BCUT2D eigenvalue weighted by molar-refractivity contribution is 0.609. The second-order valence-corrected chi connectivity index (χ2v) is 4.19. The highest BCUT2D eigenvalue weighted by atomic mass is 35.5. The predicted octanol–water partition coefficient (Wildman–Crippen LogP) is 3.21. The molecule has 0 amide bonds. The Kier molecular flexibility index (Phi) is 2.75. The minimum absolute atomic E-state index is 0.230. The molecule has 1 aromatic rings. The zero-order valence-corrected chi connectivity index (χ0v) is 8.87. The Bertz CT molecular complexity index is 322. The summed E-state index contributed by atoms with van der Waals surface area (Å²) in [7, 11) is 0. The Morgan fingerprint density at radius 2 is 2.29 bits per heavy atom. The van der Waals surface area contributed by atoms with Crippen molar-refractivity contribution in [1.29, 1.82) is 0 Å². The van der Waals surface area contributed by atoms with Gasteiger partial charge >= 0.3 is 0 Å². The molecule has 1 aliphatic heterocycles. The molecule has 0 spiro atoms. The van der Waals surface area contributed by atoms with Gasteiger partial charge in [-0.1, -0.05) is 17.7 Å². The molecule has 14 heavy (non-hydrogen) atoms. The third-order valence-corrected chi connectivity index (χ3v) is 2.97. The van der Waals surface area contributed by atoms with Crippen molar-refractivity contribution in [2.45, 2.75) is 25.8 Å².